The average Bonchev–Trinajstić information content (AvgIpc) is 2.43. The van der Waals surface area contributed by atoms with E-state index >= 15 is 0 Å². The summed E-state index contributed by atoms with van der Waals surface area (Å²) in [6.07, 6.45) is 0.910. The molecule has 1 fully saturated rings. The number of alkyl halides is 1. The summed E-state index contributed by atoms with van der Waals surface area (Å²) in [5.41, 5.74) is 0. The van der Waals surface area contributed by atoms with Crippen LogP contribution < -0.4 is 0 Å². The summed E-state index contributed by atoms with van der Waals surface area (Å²) in [5.74, 6) is 0.973. The predicted molar refractivity (Wildman–Crippen MR) is 121 cm³/mol. The molecular formula is C19H40ClNO2SeSi2. The topological polar surface area (TPSA) is 29.5 Å². The van der Waals surface area contributed by atoms with Crippen molar-refractivity contribution in [1.29, 1.82) is 0 Å². The number of β-lactam (4-membered cyclic amide) rings is 1. The van der Waals surface area contributed by atoms with Gasteiger partial charge in [-0.1, -0.05) is 0 Å². The zero-order chi connectivity index (χ0) is 20.3. The van der Waals surface area contributed by atoms with Gasteiger partial charge >= 0.3 is 176 Å². The van der Waals surface area contributed by atoms with Crippen LogP contribution in [0.15, 0.2) is 0 Å². The van der Waals surface area contributed by atoms with Gasteiger partial charge in [-0.3, -0.25) is 0 Å². The van der Waals surface area contributed by atoms with Crippen LogP contribution in [-0.4, -0.2) is 65.6 Å². The molecule has 1 amide bonds. The predicted octanol–water partition coefficient (Wildman–Crippen LogP) is 5.27. The van der Waals surface area contributed by atoms with Gasteiger partial charge in [-0.2, -0.15) is 0 Å². The van der Waals surface area contributed by atoms with Gasteiger partial charge in [0.1, 0.15) is 0 Å². The first-order valence-corrected chi connectivity index (χ1v) is 19.2. The van der Waals surface area contributed by atoms with Gasteiger partial charge in [0.2, 0.25) is 0 Å². The van der Waals surface area contributed by atoms with Crippen LogP contribution in [-0.2, 0) is 9.22 Å². The second-order valence-corrected chi connectivity index (χ2v) is 23.6. The Hall–Kier alpha value is 0.673. The number of hydrogen-bond donors (Lipinski definition) is 0. The van der Waals surface area contributed by atoms with E-state index in [0.717, 1.165) is 13.0 Å². The SMILES string of the molecule is C[C@@H](O[Si](C)(C)C(C)(C)C)[C@H]1C(=O)N(CCCCl)[C@@H]1[Se]CC[Si](C)(C)C. The van der Waals surface area contributed by atoms with E-state index in [-0.39, 0.29) is 17.1 Å². The Balaban J connectivity index is 2.80. The van der Waals surface area contributed by atoms with Crippen LogP contribution in [0.25, 0.3) is 0 Å². The molecule has 7 heteroatoms. The maximum atomic E-state index is 12.9. The second-order valence-electron chi connectivity index (χ2n) is 10.3. The first kappa shape index (κ1) is 24.7. The molecule has 0 aromatic heterocycles. The molecule has 0 aromatic rings. The second kappa shape index (κ2) is 9.45. The third-order valence-corrected chi connectivity index (χ3v) is 15.8. The van der Waals surface area contributed by atoms with E-state index in [4.69, 9.17) is 16.0 Å². The van der Waals surface area contributed by atoms with Crippen molar-refractivity contribution in [3.63, 3.8) is 0 Å². The van der Waals surface area contributed by atoms with Crippen LogP contribution in [0.5, 0.6) is 0 Å². The molecule has 154 valence electrons. The van der Waals surface area contributed by atoms with E-state index in [1.54, 1.807) is 0 Å². The van der Waals surface area contributed by atoms with Crippen LogP contribution in [0.2, 0.25) is 49.1 Å². The van der Waals surface area contributed by atoms with Crippen molar-refractivity contribution < 1.29 is 9.22 Å². The van der Waals surface area contributed by atoms with E-state index in [0.29, 0.717) is 31.7 Å². The minimum absolute atomic E-state index is 0.0226. The summed E-state index contributed by atoms with van der Waals surface area (Å²) in [4.78, 5) is 15.3. The Labute approximate surface area is 175 Å². The molecule has 1 aliphatic heterocycles. The Kier molecular flexibility index (Phi) is 8.98. The normalized spacial score (nSPS) is 23.2. The van der Waals surface area contributed by atoms with E-state index in [9.17, 15) is 4.79 Å². The van der Waals surface area contributed by atoms with Gasteiger partial charge in [-0.15, -0.1) is 0 Å². The summed E-state index contributed by atoms with van der Waals surface area (Å²) in [6.45, 7) is 21.6. The van der Waals surface area contributed by atoms with Crippen LogP contribution in [0.3, 0.4) is 0 Å². The van der Waals surface area contributed by atoms with Crippen molar-refractivity contribution in [2.45, 2.75) is 94.3 Å². The fourth-order valence-electron chi connectivity index (χ4n) is 2.85. The number of amides is 1. The number of nitrogens with zero attached hydrogens (tertiary/aromatic N) is 1. The Morgan fingerprint density at radius 2 is 1.81 bits per heavy atom. The molecule has 0 N–H and O–H groups in total. The third kappa shape index (κ3) is 6.63. The van der Waals surface area contributed by atoms with Crippen molar-refractivity contribution in [3.05, 3.63) is 0 Å². The fourth-order valence-corrected chi connectivity index (χ4v) is 12.2. The number of hydrogen-bond acceptors (Lipinski definition) is 2. The first-order valence-electron chi connectivity index (χ1n) is 9.87. The summed E-state index contributed by atoms with van der Waals surface area (Å²) in [6, 6.07) is 1.35. The zero-order valence-corrected chi connectivity index (χ0v) is 22.8. The van der Waals surface area contributed by atoms with Crippen molar-refractivity contribution >= 4 is 48.9 Å². The molecule has 0 saturated carbocycles. The summed E-state index contributed by atoms with van der Waals surface area (Å²) in [7, 11) is -2.88. The first-order chi connectivity index (χ1) is 11.7. The van der Waals surface area contributed by atoms with Gasteiger partial charge in [0.15, 0.2) is 0 Å². The van der Waals surface area contributed by atoms with Crippen LogP contribution in [0, 0.1) is 5.92 Å². The number of halogens is 1. The maximum absolute atomic E-state index is 12.9. The van der Waals surface area contributed by atoms with Crippen molar-refractivity contribution in [1.82, 2.24) is 4.90 Å². The molecule has 0 unspecified atom stereocenters. The molecule has 0 radical (unpaired) electrons. The Morgan fingerprint density at radius 1 is 1.23 bits per heavy atom. The molecule has 0 bridgehead atoms. The van der Waals surface area contributed by atoms with Gasteiger partial charge in [-0.05, 0) is 0 Å². The Morgan fingerprint density at radius 3 is 2.27 bits per heavy atom. The fraction of sp³-hybridized carbons (Fsp3) is 0.947. The molecule has 1 rings (SSSR count). The third-order valence-electron chi connectivity index (χ3n) is 5.65. The molecule has 0 aliphatic carbocycles. The number of likely N-dealkylation sites (tertiary alicyclic amines) is 1. The van der Waals surface area contributed by atoms with E-state index < -0.39 is 16.4 Å². The Bertz CT molecular complexity index is 477. The molecule has 0 spiro atoms. The number of carbonyl (C=O) groups excluding carboxylic acids is 1. The minimum atomic E-state index is -1.86. The zero-order valence-electron chi connectivity index (χ0n) is 18.3. The van der Waals surface area contributed by atoms with Gasteiger partial charge in [-0.25, -0.2) is 0 Å². The van der Waals surface area contributed by atoms with E-state index in [1.807, 2.05) is 0 Å². The van der Waals surface area contributed by atoms with Crippen LogP contribution in [0.4, 0.5) is 0 Å². The summed E-state index contributed by atoms with van der Waals surface area (Å²) in [5, 5.41) is 1.45. The van der Waals surface area contributed by atoms with Gasteiger partial charge in [0, 0.05) is 0 Å². The van der Waals surface area contributed by atoms with Crippen molar-refractivity contribution in [2.24, 2.45) is 5.92 Å². The van der Waals surface area contributed by atoms with Crippen molar-refractivity contribution in [2.75, 3.05) is 12.4 Å². The van der Waals surface area contributed by atoms with Crippen LogP contribution >= 0.6 is 11.6 Å². The van der Waals surface area contributed by atoms with E-state index in [1.165, 1.54) is 11.4 Å². The average molecular weight is 485 g/mol. The summed E-state index contributed by atoms with van der Waals surface area (Å²) < 4.78 is 6.59. The quantitative estimate of drug-likeness (QED) is 0.240. The van der Waals surface area contributed by atoms with Crippen molar-refractivity contribution in [3.8, 4) is 0 Å². The van der Waals surface area contributed by atoms with Gasteiger partial charge in [0.25, 0.3) is 0 Å². The molecule has 3 atom stereocenters. The van der Waals surface area contributed by atoms with E-state index in [2.05, 4.69) is 65.3 Å². The molecule has 1 heterocycles. The molecule has 1 aliphatic rings. The molecule has 3 nitrogen and oxygen atoms in total. The van der Waals surface area contributed by atoms with Gasteiger partial charge < -0.3 is 0 Å². The molecule has 0 aromatic carbocycles. The molecule has 1 saturated heterocycles. The van der Waals surface area contributed by atoms with Crippen LogP contribution in [0.1, 0.15) is 34.1 Å². The van der Waals surface area contributed by atoms with Gasteiger partial charge in [0.05, 0.1) is 0 Å². The standard InChI is InChI=1S/C19H40ClNO2SeSi2/c1-15(23-26(8,9)19(2,3)4)16-17(22)21(12-10-11-20)18(16)24-13-14-25(5,6)7/h15-16,18H,10-14H2,1-9H3/t15-,16+,18-/m1/s1. The number of rotatable bonds is 10. The molecule has 26 heavy (non-hydrogen) atoms. The summed E-state index contributed by atoms with van der Waals surface area (Å²) >= 11 is 6.34. The monoisotopic (exact) mass is 485 g/mol. The molecular weight excluding hydrogens is 445 g/mol. The number of carbonyl (C=O) groups is 1.